The largest absolute Gasteiger partial charge is 0.489 e. The number of benzene rings is 1. The smallest absolute Gasteiger partial charge is 0.229 e. The highest BCUT2D eigenvalue weighted by atomic mass is 16.5. The third kappa shape index (κ3) is 3.65. The molecule has 126 valence electrons. The number of hydrogen-bond donors (Lipinski definition) is 2. The lowest BCUT2D eigenvalue weighted by molar-refractivity contribution is -0.119. The van der Waals surface area contributed by atoms with E-state index in [-0.39, 0.29) is 17.7 Å². The SMILES string of the molecule is C=CCOc1cccc(NC(=O)[C@H]2CNC[C@@H]2c2cnn(C)c2)c1. The van der Waals surface area contributed by atoms with Gasteiger partial charge in [0, 0.05) is 44.0 Å². The number of ether oxygens (including phenoxy) is 1. The van der Waals surface area contributed by atoms with Crippen molar-refractivity contribution in [3.8, 4) is 5.75 Å². The van der Waals surface area contributed by atoms with Crippen LogP contribution in [0.1, 0.15) is 11.5 Å². The Morgan fingerprint density at radius 3 is 3.17 bits per heavy atom. The van der Waals surface area contributed by atoms with Gasteiger partial charge in [-0.25, -0.2) is 0 Å². The van der Waals surface area contributed by atoms with Gasteiger partial charge in [-0.05, 0) is 17.7 Å². The lowest BCUT2D eigenvalue weighted by Gasteiger charge is -2.17. The zero-order chi connectivity index (χ0) is 16.9. The average molecular weight is 326 g/mol. The number of hydrogen-bond acceptors (Lipinski definition) is 4. The molecule has 0 bridgehead atoms. The molecule has 24 heavy (non-hydrogen) atoms. The van der Waals surface area contributed by atoms with E-state index < -0.39 is 0 Å². The predicted octanol–water partition coefficient (Wildman–Crippen LogP) is 1.93. The van der Waals surface area contributed by atoms with Crippen LogP contribution in [0.25, 0.3) is 0 Å². The minimum Gasteiger partial charge on any atom is -0.489 e. The molecule has 1 amide bonds. The molecule has 1 saturated heterocycles. The Balaban J connectivity index is 1.68. The molecule has 1 aliphatic heterocycles. The number of anilines is 1. The molecule has 1 fully saturated rings. The van der Waals surface area contributed by atoms with Gasteiger partial charge >= 0.3 is 0 Å². The van der Waals surface area contributed by atoms with Gasteiger partial charge < -0.3 is 15.4 Å². The van der Waals surface area contributed by atoms with Crippen molar-refractivity contribution in [3.63, 3.8) is 0 Å². The molecular formula is C18H22N4O2. The van der Waals surface area contributed by atoms with Gasteiger partial charge in [-0.3, -0.25) is 9.48 Å². The fourth-order valence-electron chi connectivity index (χ4n) is 2.99. The molecule has 1 aromatic heterocycles. The molecule has 2 N–H and O–H groups in total. The van der Waals surface area contributed by atoms with Crippen LogP contribution in [0, 0.1) is 5.92 Å². The van der Waals surface area contributed by atoms with Gasteiger partial charge in [0.05, 0.1) is 12.1 Å². The molecule has 1 aliphatic rings. The standard InChI is InChI=1S/C18H22N4O2/c1-3-7-24-15-6-4-5-14(8-15)21-18(23)17-11-19-10-16(17)13-9-20-22(2)12-13/h3-6,8-9,12,16-17,19H,1,7,10-11H2,2H3,(H,21,23)/t16-,17+/m1/s1. The molecule has 6 heteroatoms. The molecule has 2 atom stereocenters. The van der Waals surface area contributed by atoms with Gasteiger partial charge in [-0.15, -0.1) is 0 Å². The first-order valence-electron chi connectivity index (χ1n) is 8.01. The number of nitrogens with zero attached hydrogens (tertiary/aromatic N) is 2. The third-order valence-corrected chi connectivity index (χ3v) is 4.17. The number of rotatable bonds is 6. The second kappa shape index (κ2) is 7.31. The van der Waals surface area contributed by atoms with E-state index in [2.05, 4.69) is 22.3 Å². The van der Waals surface area contributed by atoms with E-state index in [4.69, 9.17) is 4.74 Å². The first kappa shape index (κ1) is 16.3. The fourth-order valence-corrected chi connectivity index (χ4v) is 2.99. The van der Waals surface area contributed by atoms with E-state index >= 15 is 0 Å². The number of amides is 1. The maximum Gasteiger partial charge on any atom is 0.229 e. The molecule has 2 aromatic rings. The Hall–Kier alpha value is -2.60. The summed E-state index contributed by atoms with van der Waals surface area (Å²) in [5.41, 5.74) is 1.82. The average Bonchev–Trinajstić information content (AvgIpc) is 3.21. The van der Waals surface area contributed by atoms with Gasteiger partial charge in [-0.2, -0.15) is 5.10 Å². The van der Waals surface area contributed by atoms with E-state index in [1.807, 2.05) is 43.7 Å². The Morgan fingerprint density at radius 1 is 1.54 bits per heavy atom. The Labute approximate surface area is 141 Å². The zero-order valence-corrected chi connectivity index (χ0v) is 13.7. The second-order valence-electron chi connectivity index (χ2n) is 5.94. The van der Waals surface area contributed by atoms with Crippen molar-refractivity contribution in [1.82, 2.24) is 15.1 Å². The summed E-state index contributed by atoms with van der Waals surface area (Å²) in [5, 5.41) is 10.5. The van der Waals surface area contributed by atoms with E-state index in [9.17, 15) is 4.79 Å². The van der Waals surface area contributed by atoms with Crippen LogP contribution in [-0.2, 0) is 11.8 Å². The predicted molar refractivity (Wildman–Crippen MR) is 93.1 cm³/mol. The highest BCUT2D eigenvalue weighted by Crippen LogP contribution is 2.29. The van der Waals surface area contributed by atoms with E-state index in [1.165, 1.54) is 0 Å². The van der Waals surface area contributed by atoms with Gasteiger partial charge in [0.25, 0.3) is 0 Å². The van der Waals surface area contributed by atoms with Crippen molar-refractivity contribution in [2.75, 3.05) is 25.0 Å². The molecule has 1 aromatic carbocycles. The van der Waals surface area contributed by atoms with E-state index in [1.54, 1.807) is 10.8 Å². The summed E-state index contributed by atoms with van der Waals surface area (Å²) in [7, 11) is 1.88. The van der Waals surface area contributed by atoms with Gasteiger partial charge in [0.1, 0.15) is 12.4 Å². The van der Waals surface area contributed by atoms with Crippen LogP contribution >= 0.6 is 0 Å². The maximum atomic E-state index is 12.7. The second-order valence-corrected chi connectivity index (χ2v) is 5.94. The highest BCUT2D eigenvalue weighted by Gasteiger charge is 2.34. The topological polar surface area (TPSA) is 68.2 Å². The summed E-state index contributed by atoms with van der Waals surface area (Å²) < 4.78 is 7.27. The molecule has 3 rings (SSSR count). The maximum absolute atomic E-state index is 12.7. The molecular weight excluding hydrogens is 304 g/mol. The summed E-state index contributed by atoms with van der Waals surface area (Å²) in [6.07, 6.45) is 5.50. The van der Waals surface area contributed by atoms with Crippen LogP contribution in [0.3, 0.4) is 0 Å². The van der Waals surface area contributed by atoms with Crippen LogP contribution < -0.4 is 15.4 Å². The Bertz CT molecular complexity index is 725. The van der Waals surface area contributed by atoms with Gasteiger partial charge in [0.15, 0.2) is 0 Å². The normalized spacial score (nSPS) is 19.9. The quantitative estimate of drug-likeness (QED) is 0.796. The lowest BCUT2D eigenvalue weighted by Crippen LogP contribution is -2.28. The van der Waals surface area contributed by atoms with E-state index in [0.717, 1.165) is 17.8 Å². The van der Waals surface area contributed by atoms with Crippen LogP contribution in [0.5, 0.6) is 5.75 Å². The monoisotopic (exact) mass is 326 g/mol. The Morgan fingerprint density at radius 2 is 2.42 bits per heavy atom. The highest BCUT2D eigenvalue weighted by molar-refractivity contribution is 5.93. The number of carbonyl (C=O) groups is 1. The molecule has 0 radical (unpaired) electrons. The minimum atomic E-state index is -0.119. The van der Waals surface area contributed by atoms with Crippen LogP contribution in [0.4, 0.5) is 5.69 Å². The molecule has 2 heterocycles. The molecule has 0 saturated carbocycles. The van der Waals surface area contributed by atoms with Crippen molar-refractivity contribution in [2.45, 2.75) is 5.92 Å². The molecule has 0 unspecified atom stereocenters. The van der Waals surface area contributed by atoms with Crippen molar-refractivity contribution < 1.29 is 9.53 Å². The first-order chi connectivity index (χ1) is 11.7. The van der Waals surface area contributed by atoms with Crippen molar-refractivity contribution in [1.29, 1.82) is 0 Å². The number of aryl methyl sites for hydroxylation is 1. The van der Waals surface area contributed by atoms with Crippen molar-refractivity contribution in [2.24, 2.45) is 13.0 Å². The van der Waals surface area contributed by atoms with Crippen molar-refractivity contribution in [3.05, 3.63) is 54.9 Å². The first-order valence-corrected chi connectivity index (χ1v) is 8.01. The summed E-state index contributed by atoms with van der Waals surface area (Å²) in [4.78, 5) is 12.7. The lowest BCUT2D eigenvalue weighted by atomic mass is 9.90. The third-order valence-electron chi connectivity index (χ3n) is 4.17. The summed E-state index contributed by atoms with van der Waals surface area (Å²) in [6.45, 7) is 5.52. The van der Waals surface area contributed by atoms with Gasteiger partial charge in [0.2, 0.25) is 5.91 Å². The summed E-state index contributed by atoms with van der Waals surface area (Å²) >= 11 is 0. The summed E-state index contributed by atoms with van der Waals surface area (Å²) in [6, 6.07) is 7.40. The summed E-state index contributed by atoms with van der Waals surface area (Å²) in [5.74, 6) is 0.738. The zero-order valence-electron chi connectivity index (χ0n) is 13.7. The molecule has 0 aliphatic carbocycles. The fraction of sp³-hybridized carbons (Fsp3) is 0.333. The number of nitrogens with one attached hydrogen (secondary N) is 2. The van der Waals surface area contributed by atoms with Crippen molar-refractivity contribution >= 4 is 11.6 Å². The van der Waals surface area contributed by atoms with Crippen LogP contribution in [0.2, 0.25) is 0 Å². The van der Waals surface area contributed by atoms with E-state index in [0.29, 0.717) is 18.9 Å². The Kier molecular flexibility index (Phi) is 4.96. The molecule has 0 spiro atoms. The number of carbonyl (C=O) groups excluding carboxylic acids is 1. The van der Waals surface area contributed by atoms with Crippen LogP contribution in [-0.4, -0.2) is 35.4 Å². The minimum absolute atomic E-state index is 0.00900. The molecule has 6 nitrogen and oxygen atoms in total. The van der Waals surface area contributed by atoms with Crippen LogP contribution in [0.15, 0.2) is 49.3 Å². The van der Waals surface area contributed by atoms with Gasteiger partial charge in [-0.1, -0.05) is 18.7 Å². The number of aromatic nitrogens is 2.